The van der Waals surface area contributed by atoms with Crippen molar-refractivity contribution in [1.82, 2.24) is 4.90 Å². The lowest BCUT2D eigenvalue weighted by molar-refractivity contribution is -0.140. The third-order valence-corrected chi connectivity index (χ3v) is 6.25. The number of nitrogens with zero attached hydrogens (tertiary/aromatic N) is 1. The second kappa shape index (κ2) is 11.3. The van der Waals surface area contributed by atoms with E-state index in [1.165, 1.54) is 19.1 Å². The molecular weight excluding hydrogens is 486 g/mol. The maximum absolute atomic E-state index is 13.4. The molecule has 0 bridgehead atoms. The summed E-state index contributed by atoms with van der Waals surface area (Å²) in [6, 6.07) is 18.4. The Morgan fingerprint density at radius 2 is 1.58 bits per heavy atom. The molecule has 1 aliphatic heterocycles. The number of hydrogen-bond acceptors (Lipinski definition) is 7. The van der Waals surface area contributed by atoms with Crippen LogP contribution in [0.15, 0.2) is 72.3 Å². The zero-order valence-electron chi connectivity index (χ0n) is 22.1. The van der Waals surface area contributed by atoms with Gasteiger partial charge in [-0.1, -0.05) is 24.3 Å². The molecule has 4 rings (SSSR count). The first kappa shape index (κ1) is 26.6. The van der Waals surface area contributed by atoms with Crippen molar-refractivity contribution < 1.29 is 33.6 Å². The summed E-state index contributed by atoms with van der Waals surface area (Å²) in [5.41, 5.74) is 1.74. The SMILES string of the molecule is COc1cccc(C2/C(=C(/O)c3ccc(OC)c(OC)c3)C(=O)C(=O)N2Cc2ccc(OC(C)C)cc2)c1. The Hall–Kier alpha value is -4.46. The van der Waals surface area contributed by atoms with Gasteiger partial charge in [0.1, 0.15) is 17.3 Å². The molecule has 1 atom stereocenters. The number of rotatable bonds is 9. The molecule has 38 heavy (non-hydrogen) atoms. The molecule has 0 radical (unpaired) electrons. The van der Waals surface area contributed by atoms with E-state index in [9.17, 15) is 14.7 Å². The summed E-state index contributed by atoms with van der Waals surface area (Å²) in [5.74, 6) is 0.344. The Morgan fingerprint density at radius 3 is 2.21 bits per heavy atom. The first-order chi connectivity index (χ1) is 18.3. The van der Waals surface area contributed by atoms with Crippen LogP contribution in [-0.2, 0) is 16.1 Å². The summed E-state index contributed by atoms with van der Waals surface area (Å²) in [6.45, 7) is 4.04. The van der Waals surface area contributed by atoms with Gasteiger partial charge in [0, 0.05) is 12.1 Å². The Kier molecular flexibility index (Phi) is 7.90. The quantitative estimate of drug-likeness (QED) is 0.239. The minimum atomic E-state index is -0.843. The van der Waals surface area contributed by atoms with Gasteiger partial charge in [0.15, 0.2) is 11.5 Å². The van der Waals surface area contributed by atoms with Gasteiger partial charge in [0.25, 0.3) is 11.7 Å². The topological polar surface area (TPSA) is 94.5 Å². The van der Waals surface area contributed by atoms with Crippen LogP contribution in [0.2, 0.25) is 0 Å². The number of hydrogen-bond donors (Lipinski definition) is 1. The largest absolute Gasteiger partial charge is 0.507 e. The van der Waals surface area contributed by atoms with E-state index in [2.05, 4.69) is 0 Å². The normalized spacial score (nSPS) is 16.6. The average Bonchev–Trinajstić information content (AvgIpc) is 3.17. The molecule has 0 saturated carbocycles. The smallest absolute Gasteiger partial charge is 0.295 e. The van der Waals surface area contributed by atoms with Crippen LogP contribution in [0, 0.1) is 0 Å². The van der Waals surface area contributed by atoms with Gasteiger partial charge in [-0.3, -0.25) is 9.59 Å². The Labute approximate surface area is 222 Å². The molecule has 0 aromatic heterocycles. The van der Waals surface area contributed by atoms with Gasteiger partial charge in [0.05, 0.1) is 39.0 Å². The predicted molar refractivity (Wildman–Crippen MR) is 143 cm³/mol. The number of Topliss-reactive ketones (excluding diaryl/α,β-unsaturated/α-hetero) is 1. The first-order valence-corrected chi connectivity index (χ1v) is 12.2. The molecule has 8 heteroatoms. The monoisotopic (exact) mass is 517 g/mol. The predicted octanol–water partition coefficient (Wildman–Crippen LogP) is 5.12. The average molecular weight is 518 g/mol. The van der Waals surface area contributed by atoms with Crippen LogP contribution >= 0.6 is 0 Å². The van der Waals surface area contributed by atoms with Gasteiger partial charge in [-0.25, -0.2) is 0 Å². The van der Waals surface area contributed by atoms with Crippen molar-refractivity contribution in [1.29, 1.82) is 0 Å². The maximum atomic E-state index is 13.4. The molecule has 0 spiro atoms. The second-order valence-electron chi connectivity index (χ2n) is 9.08. The molecule has 1 amide bonds. The fourth-order valence-electron chi connectivity index (χ4n) is 4.48. The molecular formula is C30H31NO7. The van der Waals surface area contributed by atoms with E-state index in [0.29, 0.717) is 34.1 Å². The van der Waals surface area contributed by atoms with E-state index >= 15 is 0 Å². The maximum Gasteiger partial charge on any atom is 0.295 e. The van der Waals surface area contributed by atoms with Crippen molar-refractivity contribution in [3.8, 4) is 23.0 Å². The molecule has 3 aromatic carbocycles. The van der Waals surface area contributed by atoms with Crippen molar-refractivity contribution in [2.75, 3.05) is 21.3 Å². The van der Waals surface area contributed by atoms with E-state index in [0.717, 1.165) is 5.56 Å². The molecule has 198 valence electrons. The number of ketones is 1. The molecule has 1 heterocycles. The Morgan fingerprint density at radius 1 is 0.868 bits per heavy atom. The number of methoxy groups -OCH3 is 3. The summed E-state index contributed by atoms with van der Waals surface area (Å²) in [7, 11) is 4.53. The van der Waals surface area contributed by atoms with E-state index < -0.39 is 17.7 Å². The molecule has 0 aliphatic carbocycles. The van der Waals surface area contributed by atoms with E-state index in [-0.39, 0.29) is 24.0 Å². The number of aliphatic hydroxyl groups is 1. The Bertz CT molecular complexity index is 1360. The van der Waals surface area contributed by atoms with Crippen LogP contribution in [0.25, 0.3) is 5.76 Å². The van der Waals surface area contributed by atoms with Gasteiger partial charge in [0.2, 0.25) is 0 Å². The number of aliphatic hydroxyl groups excluding tert-OH is 1. The molecule has 3 aromatic rings. The van der Waals surface area contributed by atoms with Crippen LogP contribution in [0.4, 0.5) is 0 Å². The molecule has 1 aliphatic rings. The van der Waals surface area contributed by atoms with Gasteiger partial charge >= 0.3 is 0 Å². The van der Waals surface area contributed by atoms with E-state index in [4.69, 9.17) is 18.9 Å². The zero-order valence-corrected chi connectivity index (χ0v) is 22.1. The van der Waals surface area contributed by atoms with Crippen LogP contribution in [0.5, 0.6) is 23.0 Å². The summed E-state index contributed by atoms with van der Waals surface area (Å²) < 4.78 is 21.8. The highest BCUT2D eigenvalue weighted by molar-refractivity contribution is 6.46. The standard InChI is InChI=1S/C30H31NO7/c1-18(2)38-22-12-9-19(10-13-22)17-31-27(20-7-6-8-23(15-20)35-3)26(29(33)30(31)34)28(32)21-11-14-24(36-4)25(16-21)37-5/h6-16,18,27,32H,17H2,1-5H3/b28-26-. The van der Waals surface area contributed by atoms with Crippen LogP contribution < -0.4 is 18.9 Å². The van der Waals surface area contributed by atoms with Gasteiger partial charge < -0.3 is 29.0 Å². The fraction of sp³-hybridized carbons (Fsp3) is 0.267. The second-order valence-corrected chi connectivity index (χ2v) is 9.08. The summed E-state index contributed by atoms with van der Waals surface area (Å²) in [6.07, 6.45) is 0.0309. The number of likely N-dealkylation sites (tertiary alicyclic amines) is 1. The molecule has 1 fully saturated rings. The third-order valence-electron chi connectivity index (χ3n) is 6.25. The van der Waals surface area contributed by atoms with Crippen molar-refractivity contribution in [3.05, 3.63) is 89.0 Å². The molecule has 8 nitrogen and oxygen atoms in total. The van der Waals surface area contributed by atoms with Crippen molar-refractivity contribution in [2.24, 2.45) is 0 Å². The molecule has 1 N–H and O–H groups in total. The number of amides is 1. The fourth-order valence-corrected chi connectivity index (χ4v) is 4.48. The lowest BCUT2D eigenvalue weighted by Gasteiger charge is -2.26. The van der Waals surface area contributed by atoms with Crippen molar-refractivity contribution in [3.63, 3.8) is 0 Å². The highest BCUT2D eigenvalue weighted by Crippen LogP contribution is 2.42. The third kappa shape index (κ3) is 5.29. The van der Waals surface area contributed by atoms with E-state index in [1.807, 2.05) is 38.1 Å². The lowest BCUT2D eigenvalue weighted by atomic mass is 9.95. The molecule has 1 unspecified atom stereocenters. The number of benzene rings is 3. The zero-order chi connectivity index (χ0) is 27.4. The number of ether oxygens (including phenoxy) is 4. The van der Waals surface area contributed by atoms with Crippen LogP contribution in [0.3, 0.4) is 0 Å². The van der Waals surface area contributed by atoms with Crippen LogP contribution in [0.1, 0.15) is 36.6 Å². The summed E-state index contributed by atoms with van der Waals surface area (Å²) >= 11 is 0. The van der Waals surface area contributed by atoms with Crippen molar-refractivity contribution in [2.45, 2.75) is 32.5 Å². The van der Waals surface area contributed by atoms with Gasteiger partial charge in [-0.05, 0) is 67.4 Å². The minimum absolute atomic E-state index is 0.0183. The Balaban J connectivity index is 1.81. The first-order valence-electron chi connectivity index (χ1n) is 12.2. The van der Waals surface area contributed by atoms with Crippen LogP contribution in [-0.4, -0.2) is 49.1 Å². The molecule has 1 saturated heterocycles. The van der Waals surface area contributed by atoms with Gasteiger partial charge in [-0.2, -0.15) is 0 Å². The highest BCUT2D eigenvalue weighted by atomic mass is 16.5. The highest BCUT2D eigenvalue weighted by Gasteiger charge is 2.46. The number of carbonyl (C=O) groups is 2. The lowest BCUT2D eigenvalue weighted by Crippen LogP contribution is -2.29. The van der Waals surface area contributed by atoms with Crippen molar-refractivity contribution >= 4 is 17.4 Å². The van der Waals surface area contributed by atoms with Gasteiger partial charge in [-0.15, -0.1) is 0 Å². The summed E-state index contributed by atoms with van der Waals surface area (Å²) in [4.78, 5) is 28.2. The number of carbonyl (C=O) groups excluding carboxylic acids is 2. The minimum Gasteiger partial charge on any atom is -0.507 e. The summed E-state index contributed by atoms with van der Waals surface area (Å²) in [5, 5.41) is 11.4. The van der Waals surface area contributed by atoms with E-state index in [1.54, 1.807) is 49.6 Å².